The summed E-state index contributed by atoms with van der Waals surface area (Å²) in [6.07, 6.45) is 0.541. The third-order valence-corrected chi connectivity index (χ3v) is 6.63. The second-order valence-corrected chi connectivity index (χ2v) is 8.06. The summed E-state index contributed by atoms with van der Waals surface area (Å²) < 4.78 is 0. The molecule has 0 bridgehead atoms. The number of halogens is 1. The van der Waals surface area contributed by atoms with Crippen molar-refractivity contribution in [1.82, 2.24) is 10.6 Å². The number of rotatable bonds is 2. The van der Waals surface area contributed by atoms with Gasteiger partial charge in [-0.2, -0.15) is 0 Å². The first-order valence-corrected chi connectivity index (χ1v) is 9.58. The smallest absolute Gasteiger partial charge is 0.250 e. The van der Waals surface area contributed by atoms with Crippen LogP contribution in [0.25, 0.3) is 0 Å². The zero-order valence-corrected chi connectivity index (χ0v) is 15.8. The van der Waals surface area contributed by atoms with Crippen molar-refractivity contribution in [3.05, 3.63) is 64.2 Å². The van der Waals surface area contributed by atoms with Crippen LogP contribution in [0.3, 0.4) is 0 Å². The molecule has 0 aliphatic carbocycles. The lowest BCUT2D eigenvalue weighted by atomic mass is 9.76. The highest BCUT2D eigenvalue weighted by molar-refractivity contribution is 6.32. The number of hydrogen-bond donors (Lipinski definition) is 3. The number of amides is 3. The van der Waals surface area contributed by atoms with E-state index in [0.717, 1.165) is 11.1 Å². The Kier molecular flexibility index (Phi) is 3.66. The van der Waals surface area contributed by atoms with Gasteiger partial charge in [-0.15, -0.1) is 0 Å². The van der Waals surface area contributed by atoms with Gasteiger partial charge in [0.1, 0.15) is 5.54 Å². The fourth-order valence-corrected chi connectivity index (χ4v) is 5.12. The number of hydrogen-bond acceptors (Lipinski definition) is 4. The van der Waals surface area contributed by atoms with Crippen LogP contribution in [0.1, 0.15) is 16.7 Å². The zero-order chi connectivity index (χ0) is 19.6. The summed E-state index contributed by atoms with van der Waals surface area (Å²) in [5, 5.41) is 9.27. The minimum absolute atomic E-state index is 0.316. The number of fused-ring (bicyclic) bond motifs is 4. The predicted molar refractivity (Wildman–Crippen MR) is 104 cm³/mol. The molecule has 2 aromatic carbocycles. The number of carbonyl (C=O) groups is 3. The maximum Gasteiger partial charge on any atom is 0.250 e. The molecule has 1 spiro atoms. The number of anilines is 1. The first-order valence-electron chi connectivity index (χ1n) is 9.21. The van der Waals surface area contributed by atoms with Gasteiger partial charge in [0.05, 0.1) is 17.5 Å². The van der Waals surface area contributed by atoms with Crippen LogP contribution in [0.5, 0.6) is 0 Å². The van der Waals surface area contributed by atoms with Crippen LogP contribution in [0.4, 0.5) is 5.69 Å². The Bertz CT molecular complexity index is 1040. The van der Waals surface area contributed by atoms with E-state index in [1.165, 1.54) is 0 Å². The van der Waals surface area contributed by atoms with Gasteiger partial charge in [0.25, 0.3) is 0 Å². The first-order chi connectivity index (χ1) is 13.4. The molecule has 3 aliphatic rings. The van der Waals surface area contributed by atoms with Gasteiger partial charge in [-0.25, -0.2) is 0 Å². The summed E-state index contributed by atoms with van der Waals surface area (Å²) in [6.45, 7) is 1.83. The molecule has 5 rings (SSSR count). The molecular weight excluding hydrogens is 378 g/mol. The van der Waals surface area contributed by atoms with Crippen LogP contribution in [0.2, 0.25) is 5.02 Å². The fourth-order valence-electron chi connectivity index (χ4n) is 4.96. The number of carbonyl (C=O) groups excluding carboxylic acids is 3. The molecule has 0 aromatic heterocycles. The monoisotopic (exact) mass is 395 g/mol. The van der Waals surface area contributed by atoms with E-state index in [4.69, 9.17) is 11.6 Å². The number of benzene rings is 2. The molecule has 3 aliphatic heterocycles. The molecule has 0 radical (unpaired) electrons. The van der Waals surface area contributed by atoms with Crippen LogP contribution in [0, 0.1) is 18.8 Å². The third-order valence-electron chi connectivity index (χ3n) is 6.22. The molecular formula is C21H18ClN3O3. The summed E-state index contributed by atoms with van der Waals surface area (Å²) in [5.41, 5.74) is 1.81. The van der Waals surface area contributed by atoms with E-state index < -0.39 is 23.3 Å². The van der Waals surface area contributed by atoms with Crippen LogP contribution in [-0.2, 0) is 26.3 Å². The van der Waals surface area contributed by atoms with E-state index in [1.54, 1.807) is 12.1 Å². The fraction of sp³-hybridized carbons (Fsp3) is 0.286. The van der Waals surface area contributed by atoms with E-state index in [2.05, 4.69) is 16.0 Å². The molecule has 142 valence electrons. The molecule has 28 heavy (non-hydrogen) atoms. The van der Waals surface area contributed by atoms with Crippen LogP contribution in [-0.4, -0.2) is 23.8 Å². The van der Waals surface area contributed by atoms with Crippen molar-refractivity contribution in [2.45, 2.75) is 24.9 Å². The van der Waals surface area contributed by atoms with Gasteiger partial charge in [0, 0.05) is 16.6 Å². The Balaban J connectivity index is 1.65. The number of imide groups is 1. The second kappa shape index (κ2) is 5.90. The highest BCUT2D eigenvalue weighted by Gasteiger charge is 2.68. The third kappa shape index (κ3) is 2.16. The second-order valence-electron chi connectivity index (χ2n) is 7.65. The lowest BCUT2D eigenvalue weighted by Crippen LogP contribution is -2.53. The molecule has 0 saturated carbocycles. The molecule has 3 amide bonds. The highest BCUT2D eigenvalue weighted by Crippen LogP contribution is 2.52. The lowest BCUT2D eigenvalue weighted by Gasteiger charge is -2.28. The summed E-state index contributed by atoms with van der Waals surface area (Å²) in [4.78, 5) is 38.6. The Morgan fingerprint density at radius 3 is 2.50 bits per heavy atom. The van der Waals surface area contributed by atoms with Crippen LogP contribution >= 0.6 is 11.6 Å². The molecule has 0 unspecified atom stereocenters. The van der Waals surface area contributed by atoms with Gasteiger partial charge < -0.3 is 5.32 Å². The van der Waals surface area contributed by atoms with Crippen molar-refractivity contribution in [3.8, 4) is 0 Å². The average molecular weight is 396 g/mol. The van der Waals surface area contributed by atoms with E-state index in [1.807, 2.05) is 37.3 Å². The van der Waals surface area contributed by atoms with E-state index >= 15 is 0 Å². The summed E-state index contributed by atoms with van der Waals surface area (Å²) in [6, 6.07) is 12.9. The van der Waals surface area contributed by atoms with Gasteiger partial charge in [0.15, 0.2) is 0 Å². The van der Waals surface area contributed by atoms with E-state index in [0.29, 0.717) is 22.7 Å². The van der Waals surface area contributed by atoms with Crippen molar-refractivity contribution in [1.29, 1.82) is 0 Å². The minimum Gasteiger partial charge on any atom is -0.324 e. The zero-order valence-electron chi connectivity index (χ0n) is 15.1. The molecule has 3 heterocycles. The Morgan fingerprint density at radius 2 is 1.75 bits per heavy atom. The number of nitrogens with one attached hydrogen (secondary N) is 3. The largest absolute Gasteiger partial charge is 0.324 e. The van der Waals surface area contributed by atoms with Crippen LogP contribution < -0.4 is 16.0 Å². The average Bonchev–Trinajstić information content (AvgIpc) is 3.26. The molecule has 4 atom stereocenters. The van der Waals surface area contributed by atoms with Crippen molar-refractivity contribution in [3.63, 3.8) is 0 Å². The molecule has 2 fully saturated rings. The first kappa shape index (κ1) is 17.4. The Hall–Kier alpha value is -2.70. The van der Waals surface area contributed by atoms with Gasteiger partial charge >= 0.3 is 0 Å². The maximum atomic E-state index is 13.2. The maximum absolute atomic E-state index is 13.2. The van der Waals surface area contributed by atoms with Crippen molar-refractivity contribution < 1.29 is 14.4 Å². The van der Waals surface area contributed by atoms with Gasteiger partial charge in [-0.05, 0) is 30.5 Å². The standard InChI is InChI=1S/C21H18ClN3O3/c1-10-13(22)8-7-12-17(10)23-20(28)21(12)16-15(18(26)24-19(16)27)14(25-21)9-11-5-3-2-4-6-11/h2-8,14-16,25H,9H2,1H3,(H,23,28)(H,24,26,27)/t14-,15+,16-,21+/m0/s1. The van der Waals surface area contributed by atoms with Crippen molar-refractivity contribution in [2.75, 3.05) is 5.32 Å². The van der Waals surface area contributed by atoms with Crippen molar-refractivity contribution >= 4 is 35.0 Å². The quantitative estimate of drug-likeness (QED) is 0.678. The molecule has 6 nitrogen and oxygen atoms in total. The van der Waals surface area contributed by atoms with E-state index in [9.17, 15) is 14.4 Å². The Labute approximate surface area is 166 Å². The molecule has 2 saturated heterocycles. The normalized spacial score (nSPS) is 30.4. The van der Waals surface area contributed by atoms with Crippen LogP contribution in [0.15, 0.2) is 42.5 Å². The van der Waals surface area contributed by atoms with Crippen molar-refractivity contribution in [2.24, 2.45) is 11.8 Å². The molecule has 3 N–H and O–H groups in total. The molecule has 7 heteroatoms. The summed E-state index contributed by atoms with van der Waals surface area (Å²) >= 11 is 6.23. The topological polar surface area (TPSA) is 87.3 Å². The van der Waals surface area contributed by atoms with Gasteiger partial charge in [-0.1, -0.05) is 48.0 Å². The highest BCUT2D eigenvalue weighted by atomic mass is 35.5. The lowest BCUT2D eigenvalue weighted by molar-refractivity contribution is -0.132. The summed E-state index contributed by atoms with van der Waals surface area (Å²) in [5.74, 6) is -2.46. The Morgan fingerprint density at radius 1 is 1.00 bits per heavy atom. The summed E-state index contributed by atoms with van der Waals surface area (Å²) in [7, 11) is 0. The minimum atomic E-state index is -1.27. The van der Waals surface area contributed by atoms with E-state index in [-0.39, 0.29) is 17.9 Å². The van der Waals surface area contributed by atoms with Gasteiger partial charge in [0.2, 0.25) is 17.7 Å². The predicted octanol–water partition coefficient (Wildman–Crippen LogP) is 1.90. The van der Waals surface area contributed by atoms with Gasteiger partial charge in [-0.3, -0.25) is 25.0 Å². The SMILES string of the molecule is Cc1c(Cl)ccc2c1NC(=O)[C@@]21N[C@@H](Cc2ccccc2)[C@H]2C(=O)NC(=O)[C@H]21. The molecule has 2 aromatic rings.